The highest BCUT2D eigenvalue weighted by Gasteiger charge is 2.06. The Bertz CT molecular complexity index is 652. The van der Waals surface area contributed by atoms with Crippen molar-refractivity contribution in [3.05, 3.63) is 41.8 Å². The van der Waals surface area contributed by atoms with Gasteiger partial charge in [0, 0.05) is 18.7 Å². The molecule has 25 heavy (non-hydrogen) atoms. The Morgan fingerprint density at radius 3 is 2.72 bits per heavy atom. The van der Waals surface area contributed by atoms with E-state index in [1.54, 1.807) is 6.26 Å². The van der Waals surface area contributed by atoms with Gasteiger partial charge in [-0.2, -0.15) is 11.8 Å². The molecule has 0 aliphatic carbocycles. The fourth-order valence-electron chi connectivity index (χ4n) is 2.29. The van der Waals surface area contributed by atoms with Gasteiger partial charge >= 0.3 is 0 Å². The summed E-state index contributed by atoms with van der Waals surface area (Å²) in [6.45, 7) is 6.39. The van der Waals surface area contributed by atoms with E-state index in [1.165, 1.54) is 17.7 Å². The van der Waals surface area contributed by atoms with E-state index in [4.69, 9.17) is 4.42 Å². The number of guanidine groups is 1. The highest BCUT2D eigenvalue weighted by Crippen LogP contribution is 2.19. The van der Waals surface area contributed by atoms with E-state index in [1.807, 2.05) is 23.9 Å². The molecule has 0 aliphatic heterocycles. The monoisotopic (exact) mass is 360 g/mol. The van der Waals surface area contributed by atoms with Crippen LogP contribution in [0.5, 0.6) is 0 Å². The standard InChI is InChI=1S/C19H28N4OS/c1-4-20-19(21-11-5-6-12-25-3)22-13-17-14-24-18(23-17)16-9-7-15(2)8-10-16/h7-10,14H,4-6,11-13H2,1-3H3,(H2,20,21,22). The van der Waals surface area contributed by atoms with Crippen LogP contribution in [0.3, 0.4) is 0 Å². The summed E-state index contributed by atoms with van der Waals surface area (Å²) < 4.78 is 5.58. The van der Waals surface area contributed by atoms with Gasteiger partial charge in [0.05, 0.1) is 6.54 Å². The number of unbranched alkanes of at least 4 members (excludes halogenated alkanes) is 1. The number of aryl methyl sites for hydroxylation is 1. The number of benzene rings is 1. The average Bonchev–Trinajstić information content (AvgIpc) is 3.09. The summed E-state index contributed by atoms with van der Waals surface area (Å²) in [4.78, 5) is 9.12. The molecule has 0 amide bonds. The molecular formula is C19H28N4OS. The van der Waals surface area contributed by atoms with Crippen molar-refractivity contribution >= 4 is 17.7 Å². The van der Waals surface area contributed by atoms with Gasteiger partial charge in [-0.15, -0.1) is 0 Å². The van der Waals surface area contributed by atoms with Crippen molar-refractivity contribution in [1.29, 1.82) is 0 Å². The lowest BCUT2D eigenvalue weighted by molar-refractivity contribution is 0.572. The van der Waals surface area contributed by atoms with E-state index >= 15 is 0 Å². The zero-order chi connectivity index (χ0) is 17.9. The first-order valence-corrected chi connectivity index (χ1v) is 10.1. The highest BCUT2D eigenvalue weighted by atomic mass is 32.2. The first kappa shape index (κ1) is 19.4. The van der Waals surface area contributed by atoms with E-state index in [-0.39, 0.29) is 0 Å². The minimum Gasteiger partial charge on any atom is -0.444 e. The molecule has 1 aromatic heterocycles. The van der Waals surface area contributed by atoms with E-state index in [2.05, 4.69) is 52.8 Å². The SMILES string of the molecule is CCNC(=NCc1coc(-c2ccc(C)cc2)n1)NCCCCSC. The first-order valence-electron chi connectivity index (χ1n) is 8.75. The van der Waals surface area contributed by atoms with Crippen LogP contribution in [0, 0.1) is 6.92 Å². The van der Waals surface area contributed by atoms with Gasteiger partial charge in [-0.05, 0) is 50.8 Å². The molecule has 2 aromatic rings. The van der Waals surface area contributed by atoms with Crippen LogP contribution in [0.2, 0.25) is 0 Å². The van der Waals surface area contributed by atoms with Crippen molar-refractivity contribution in [1.82, 2.24) is 15.6 Å². The molecule has 136 valence electrons. The normalized spacial score (nSPS) is 11.6. The number of aliphatic imine (C=N–C) groups is 1. The molecule has 5 nitrogen and oxygen atoms in total. The fraction of sp³-hybridized carbons (Fsp3) is 0.474. The third-order valence-corrected chi connectivity index (χ3v) is 4.36. The van der Waals surface area contributed by atoms with Gasteiger partial charge in [0.1, 0.15) is 12.0 Å². The molecule has 6 heteroatoms. The van der Waals surface area contributed by atoms with Crippen molar-refractivity contribution in [2.45, 2.75) is 33.2 Å². The molecule has 1 heterocycles. The second kappa shape index (κ2) is 10.8. The maximum atomic E-state index is 5.58. The zero-order valence-corrected chi connectivity index (χ0v) is 16.2. The Morgan fingerprint density at radius 2 is 2.00 bits per heavy atom. The van der Waals surface area contributed by atoms with Crippen molar-refractivity contribution < 1.29 is 4.42 Å². The first-order chi connectivity index (χ1) is 12.2. The summed E-state index contributed by atoms with van der Waals surface area (Å²) in [6.07, 6.45) is 6.19. The van der Waals surface area contributed by atoms with Crippen molar-refractivity contribution in [2.75, 3.05) is 25.1 Å². The van der Waals surface area contributed by atoms with Crippen LogP contribution in [0.1, 0.15) is 31.0 Å². The van der Waals surface area contributed by atoms with Gasteiger partial charge in [0.15, 0.2) is 5.96 Å². The molecule has 0 saturated heterocycles. The topological polar surface area (TPSA) is 62.5 Å². The second-order valence-corrected chi connectivity index (χ2v) is 6.82. The molecule has 1 aromatic carbocycles. The maximum Gasteiger partial charge on any atom is 0.226 e. The van der Waals surface area contributed by atoms with Crippen LogP contribution in [-0.4, -0.2) is 36.0 Å². The van der Waals surface area contributed by atoms with E-state index in [0.717, 1.165) is 36.7 Å². The summed E-state index contributed by atoms with van der Waals surface area (Å²) in [6, 6.07) is 8.16. The van der Waals surface area contributed by atoms with Crippen molar-refractivity contribution in [3.8, 4) is 11.5 Å². The highest BCUT2D eigenvalue weighted by molar-refractivity contribution is 7.98. The lowest BCUT2D eigenvalue weighted by Gasteiger charge is -2.10. The molecular weight excluding hydrogens is 332 g/mol. The lowest BCUT2D eigenvalue weighted by Crippen LogP contribution is -2.37. The number of nitrogens with one attached hydrogen (secondary N) is 2. The summed E-state index contributed by atoms with van der Waals surface area (Å²) >= 11 is 1.89. The number of hydrogen-bond acceptors (Lipinski definition) is 4. The molecule has 2 rings (SSSR count). The van der Waals surface area contributed by atoms with E-state index in [9.17, 15) is 0 Å². The van der Waals surface area contributed by atoms with Crippen LogP contribution in [0.15, 0.2) is 39.9 Å². The average molecular weight is 361 g/mol. The third kappa shape index (κ3) is 6.82. The predicted molar refractivity (Wildman–Crippen MR) is 107 cm³/mol. The lowest BCUT2D eigenvalue weighted by atomic mass is 10.1. The Hall–Kier alpha value is -1.95. The largest absolute Gasteiger partial charge is 0.444 e. The van der Waals surface area contributed by atoms with Crippen molar-refractivity contribution in [3.63, 3.8) is 0 Å². The Morgan fingerprint density at radius 1 is 1.20 bits per heavy atom. The molecule has 2 N–H and O–H groups in total. The minimum atomic E-state index is 0.496. The van der Waals surface area contributed by atoms with E-state index < -0.39 is 0 Å². The van der Waals surface area contributed by atoms with Gasteiger partial charge in [-0.3, -0.25) is 0 Å². The van der Waals surface area contributed by atoms with Crippen LogP contribution in [0.4, 0.5) is 0 Å². The molecule has 0 saturated carbocycles. The second-order valence-electron chi connectivity index (χ2n) is 5.83. The molecule has 0 unspecified atom stereocenters. The van der Waals surface area contributed by atoms with Crippen LogP contribution in [0.25, 0.3) is 11.5 Å². The smallest absolute Gasteiger partial charge is 0.226 e. The molecule has 0 fully saturated rings. The number of oxazole rings is 1. The third-order valence-electron chi connectivity index (χ3n) is 3.66. The molecule has 0 atom stereocenters. The number of aromatic nitrogens is 1. The van der Waals surface area contributed by atoms with Gasteiger partial charge in [-0.25, -0.2) is 9.98 Å². The van der Waals surface area contributed by atoms with Crippen LogP contribution < -0.4 is 10.6 Å². The minimum absolute atomic E-state index is 0.496. The Kier molecular flexibility index (Phi) is 8.39. The van der Waals surface area contributed by atoms with Crippen molar-refractivity contribution in [2.24, 2.45) is 4.99 Å². The summed E-state index contributed by atoms with van der Waals surface area (Å²) in [5, 5.41) is 6.63. The molecule has 0 bridgehead atoms. The molecule has 0 aliphatic rings. The van der Waals surface area contributed by atoms with Gasteiger partial charge in [0.25, 0.3) is 0 Å². The summed E-state index contributed by atoms with van der Waals surface area (Å²) in [5.41, 5.74) is 3.04. The Labute approximate surface area is 154 Å². The zero-order valence-electron chi connectivity index (χ0n) is 15.3. The fourth-order valence-corrected chi connectivity index (χ4v) is 2.78. The van der Waals surface area contributed by atoms with Gasteiger partial charge < -0.3 is 15.1 Å². The van der Waals surface area contributed by atoms with Gasteiger partial charge in [0.2, 0.25) is 5.89 Å². The summed E-state index contributed by atoms with van der Waals surface area (Å²) in [5.74, 6) is 2.67. The predicted octanol–water partition coefficient (Wildman–Crippen LogP) is 3.85. The number of thioether (sulfide) groups is 1. The number of rotatable bonds is 9. The maximum absolute atomic E-state index is 5.58. The number of nitrogens with zero attached hydrogens (tertiary/aromatic N) is 2. The van der Waals surface area contributed by atoms with Crippen LogP contribution in [-0.2, 0) is 6.54 Å². The molecule has 0 spiro atoms. The Balaban J connectivity index is 1.90. The van der Waals surface area contributed by atoms with Gasteiger partial charge in [-0.1, -0.05) is 17.7 Å². The molecule has 0 radical (unpaired) electrons. The van der Waals surface area contributed by atoms with E-state index in [0.29, 0.717) is 12.4 Å². The number of hydrogen-bond donors (Lipinski definition) is 2. The summed E-state index contributed by atoms with van der Waals surface area (Å²) in [7, 11) is 0. The van der Waals surface area contributed by atoms with Crippen LogP contribution >= 0.6 is 11.8 Å². The quantitative estimate of drug-likeness (QED) is 0.404.